The van der Waals surface area contributed by atoms with Crippen LogP contribution in [-0.4, -0.2) is 32.2 Å². The van der Waals surface area contributed by atoms with Crippen LogP contribution in [0.4, 0.5) is 0 Å². The van der Waals surface area contributed by atoms with Crippen molar-refractivity contribution >= 4 is 17.5 Å². The summed E-state index contributed by atoms with van der Waals surface area (Å²) in [6.45, 7) is 1.90. The van der Waals surface area contributed by atoms with Gasteiger partial charge in [-0.3, -0.25) is 4.79 Å². The number of carbonyl (C=O) groups excluding carboxylic acids is 1. The van der Waals surface area contributed by atoms with Gasteiger partial charge >= 0.3 is 0 Å². The summed E-state index contributed by atoms with van der Waals surface area (Å²) in [4.78, 5) is 12.6. The molecule has 3 rings (SSSR count). The third kappa shape index (κ3) is 3.57. The molecule has 0 saturated heterocycles. The first-order valence-electron chi connectivity index (χ1n) is 6.99. The summed E-state index contributed by atoms with van der Waals surface area (Å²) >= 11 is 6.02. The Hall–Kier alpha value is -2.67. The quantitative estimate of drug-likeness (QED) is 0.775. The standard InChI is InChI=1S/C15H14ClN5O2/c1-10(7-12-3-2-6-23-12)18-15(22)13-8-11(16)4-5-14(13)21-9-17-19-20-21/h2-6,8-10H,7H2,1H3,(H,18,22)/t10-/m1/s1. The summed E-state index contributed by atoms with van der Waals surface area (Å²) in [6.07, 6.45) is 3.63. The van der Waals surface area contributed by atoms with Crippen LogP contribution in [0.15, 0.2) is 47.3 Å². The molecule has 1 aromatic carbocycles. The van der Waals surface area contributed by atoms with Gasteiger partial charge in [0.2, 0.25) is 0 Å². The van der Waals surface area contributed by atoms with E-state index >= 15 is 0 Å². The predicted molar refractivity (Wildman–Crippen MR) is 83.5 cm³/mol. The molecule has 23 heavy (non-hydrogen) atoms. The first kappa shape index (κ1) is 15.2. The van der Waals surface area contributed by atoms with Crippen LogP contribution in [0.3, 0.4) is 0 Å². The molecule has 2 heterocycles. The maximum Gasteiger partial charge on any atom is 0.253 e. The summed E-state index contributed by atoms with van der Waals surface area (Å²) in [5.74, 6) is 0.557. The fraction of sp³-hybridized carbons (Fsp3) is 0.200. The van der Waals surface area contributed by atoms with Crippen molar-refractivity contribution in [3.8, 4) is 5.69 Å². The zero-order valence-electron chi connectivity index (χ0n) is 12.3. The number of tetrazole rings is 1. The molecule has 7 nitrogen and oxygen atoms in total. The van der Waals surface area contributed by atoms with Gasteiger partial charge in [-0.25, -0.2) is 0 Å². The Labute approximate surface area is 137 Å². The molecule has 118 valence electrons. The summed E-state index contributed by atoms with van der Waals surface area (Å²) in [6, 6.07) is 8.56. The van der Waals surface area contributed by atoms with E-state index in [4.69, 9.17) is 16.0 Å². The van der Waals surface area contributed by atoms with Crippen molar-refractivity contribution in [2.75, 3.05) is 0 Å². The van der Waals surface area contributed by atoms with Crippen molar-refractivity contribution in [2.45, 2.75) is 19.4 Å². The molecule has 0 aliphatic heterocycles. The van der Waals surface area contributed by atoms with Crippen LogP contribution in [0, 0.1) is 0 Å². The molecule has 0 radical (unpaired) electrons. The van der Waals surface area contributed by atoms with Crippen LogP contribution in [0.2, 0.25) is 5.02 Å². The Kier molecular flexibility index (Phi) is 4.38. The third-order valence-corrected chi connectivity index (χ3v) is 3.50. The number of benzene rings is 1. The zero-order valence-corrected chi connectivity index (χ0v) is 13.1. The molecule has 0 unspecified atom stereocenters. The summed E-state index contributed by atoms with van der Waals surface area (Å²) in [5, 5.41) is 14.4. The normalized spacial score (nSPS) is 12.1. The highest BCUT2D eigenvalue weighted by Gasteiger charge is 2.17. The van der Waals surface area contributed by atoms with E-state index in [0.717, 1.165) is 5.76 Å². The monoisotopic (exact) mass is 331 g/mol. The predicted octanol–water partition coefficient (Wildman–Crippen LogP) is 2.27. The molecule has 0 saturated carbocycles. The number of nitrogens with one attached hydrogen (secondary N) is 1. The van der Waals surface area contributed by atoms with Gasteiger partial charge in [-0.1, -0.05) is 11.6 Å². The summed E-state index contributed by atoms with van der Waals surface area (Å²) in [7, 11) is 0. The van der Waals surface area contributed by atoms with Crippen LogP contribution >= 0.6 is 11.6 Å². The lowest BCUT2D eigenvalue weighted by molar-refractivity contribution is 0.0939. The van der Waals surface area contributed by atoms with E-state index in [1.807, 2.05) is 19.1 Å². The number of nitrogens with zero attached hydrogens (tertiary/aromatic N) is 4. The second-order valence-corrected chi connectivity index (χ2v) is 5.51. The maximum absolute atomic E-state index is 12.6. The first-order valence-corrected chi connectivity index (χ1v) is 7.37. The van der Waals surface area contributed by atoms with Crippen LogP contribution < -0.4 is 5.32 Å². The average Bonchev–Trinajstić information content (AvgIpc) is 3.20. The molecule has 3 aromatic rings. The van der Waals surface area contributed by atoms with E-state index in [0.29, 0.717) is 22.7 Å². The minimum Gasteiger partial charge on any atom is -0.469 e. The SMILES string of the molecule is C[C@H](Cc1ccco1)NC(=O)c1cc(Cl)ccc1-n1cnnn1. The fourth-order valence-electron chi connectivity index (χ4n) is 2.24. The number of hydrogen-bond acceptors (Lipinski definition) is 5. The van der Waals surface area contributed by atoms with Crippen LogP contribution in [0.1, 0.15) is 23.0 Å². The third-order valence-electron chi connectivity index (χ3n) is 3.26. The van der Waals surface area contributed by atoms with Gasteiger partial charge in [0.15, 0.2) is 0 Å². The molecular formula is C15H14ClN5O2. The Morgan fingerprint density at radius 1 is 1.43 bits per heavy atom. The van der Waals surface area contributed by atoms with Gasteiger partial charge < -0.3 is 9.73 Å². The Morgan fingerprint density at radius 2 is 2.30 bits per heavy atom. The summed E-state index contributed by atoms with van der Waals surface area (Å²) in [5.41, 5.74) is 0.957. The molecular weight excluding hydrogens is 318 g/mol. The van der Waals surface area contributed by atoms with E-state index in [9.17, 15) is 4.79 Å². The van der Waals surface area contributed by atoms with Gasteiger partial charge in [0.05, 0.1) is 17.5 Å². The second kappa shape index (κ2) is 6.62. The lowest BCUT2D eigenvalue weighted by Gasteiger charge is -2.14. The van der Waals surface area contributed by atoms with Gasteiger partial charge in [-0.2, -0.15) is 4.68 Å². The summed E-state index contributed by atoms with van der Waals surface area (Å²) < 4.78 is 6.71. The highest BCUT2D eigenvalue weighted by molar-refractivity contribution is 6.31. The number of aromatic nitrogens is 4. The van der Waals surface area contributed by atoms with Gasteiger partial charge in [0.1, 0.15) is 12.1 Å². The molecule has 8 heteroatoms. The molecule has 0 fully saturated rings. The van der Waals surface area contributed by atoms with E-state index < -0.39 is 0 Å². The van der Waals surface area contributed by atoms with E-state index in [1.165, 1.54) is 11.0 Å². The highest BCUT2D eigenvalue weighted by atomic mass is 35.5. The molecule has 0 bridgehead atoms. The minimum atomic E-state index is -0.253. The van der Waals surface area contributed by atoms with E-state index in [-0.39, 0.29) is 11.9 Å². The van der Waals surface area contributed by atoms with Gasteiger partial charge in [-0.15, -0.1) is 5.10 Å². The van der Waals surface area contributed by atoms with Crippen molar-refractivity contribution in [1.82, 2.24) is 25.5 Å². The van der Waals surface area contributed by atoms with Crippen molar-refractivity contribution < 1.29 is 9.21 Å². The maximum atomic E-state index is 12.6. The Bertz CT molecular complexity index is 786. The lowest BCUT2D eigenvalue weighted by atomic mass is 10.1. The van der Waals surface area contributed by atoms with Crippen molar-refractivity contribution in [3.63, 3.8) is 0 Å². The van der Waals surface area contributed by atoms with Gasteiger partial charge in [0.25, 0.3) is 5.91 Å². The molecule has 0 aliphatic carbocycles. The molecule has 2 aromatic heterocycles. The van der Waals surface area contributed by atoms with Crippen LogP contribution in [0.25, 0.3) is 5.69 Å². The Morgan fingerprint density at radius 3 is 3.00 bits per heavy atom. The lowest BCUT2D eigenvalue weighted by Crippen LogP contribution is -2.34. The van der Waals surface area contributed by atoms with E-state index in [1.54, 1.807) is 24.5 Å². The minimum absolute atomic E-state index is 0.102. The smallest absolute Gasteiger partial charge is 0.253 e. The number of furan rings is 1. The molecule has 1 amide bonds. The molecule has 0 spiro atoms. The van der Waals surface area contributed by atoms with E-state index in [2.05, 4.69) is 20.8 Å². The Balaban J connectivity index is 1.80. The first-order chi connectivity index (χ1) is 11.1. The van der Waals surface area contributed by atoms with Crippen molar-refractivity contribution in [2.24, 2.45) is 0 Å². The number of carbonyl (C=O) groups is 1. The average molecular weight is 332 g/mol. The molecule has 1 N–H and O–H groups in total. The largest absolute Gasteiger partial charge is 0.469 e. The van der Waals surface area contributed by atoms with Crippen molar-refractivity contribution in [3.05, 3.63) is 59.3 Å². The number of amides is 1. The number of rotatable bonds is 5. The fourth-order valence-corrected chi connectivity index (χ4v) is 2.42. The van der Waals surface area contributed by atoms with Crippen LogP contribution in [-0.2, 0) is 6.42 Å². The van der Waals surface area contributed by atoms with Gasteiger partial charge in [-0.05, 0) is 47.7 Å². The topological polar surface area (TPSA) is 85.8 Å². The number of hydrogen-bond donors (Lipinski definition) is 1. The highest BCUT2D eigenvalue weighted by Crippen LogP contribution is 2.19. The number of halogens is 1. The molecule has 0 aliphatic rings. The second-order valence-electron chi connectivity index (χ2n) is 5.07. The van der Waals surface area contributed by atoms with Gasteiger partial charge in [0, 0.05) is 17.5 Å². The van der Waals surface area contributed by atoms with Crippen LogP contribution in [0.5, 0.6) is 0 Å². The molecule has 1 atom stereocenters. The van der Waals surface area contributed by atoms with Crippen molar-refractivity contribution in [1.29, 1.82) is 0 Å². The zero-order chi connectivity index (χ0) is 16.2.